The van der Waals surface area contributed by atoms with Gasteiger partial charge in [-0.2, -0.15) is 0 Å². The molecular weight excluding hydrogens is 424 g/mol. The lowest BCUT2D eigenvalue weighted by atomic mass is 10.1. The van der Waals surface area contributed by atoms with Gasteiger partial charge in [0.1, 0.15) is 17.3 Å². The first-order chi connectivity index (χ1) is 15.7. The Balaban J connectivity index is 1.53. The van der Waals surface area contributed by atoms with E-state index in [1.807, 2.05) is 19.1 Å². The minimum atomic E-state index is -2.91. The van der Waals surface area contributed by atoms with Gasteiger partial charge in [-0.1, -0.05) is 18.2 Å². The number of nitrogens with two attached hydrogens (primary N) is 1. The maximum Gasteiger partial charge on any atom is 0.270 e. The number of alkyl halides is 2. The number of carbonyl (C=O) groups is 1. The lowest BCUT2D eigenvalue weighted by molar-refractivity contribution is 0.0174. The van der Waals surface area contributed by atoms with Gasteiger partial charge in [-0.15, -0.1) is 0 Å². The molecule has 33 heavy (non-hydrogen) atoms. The molecule has 1 amide bonds. The topological polar surface area (TPSA) is 77.2 Å². The molecule has 0 aliphatic rings. The van der Waals surface area contributed by atoms with Crippen LogP contribution in [-0.4, -0.2) is 10.9 Å². The van der Waals surface area contributed by atoms with Gasteiger partial charge in [0.25, 0.3) is 11.8 Å². The van der Waals surface area contributed by atoms with Gasteiger partial charge in [0, 0.05) is 23.4 Å². The van der Waals surface area contributed by atoms with Gasteiger partial charge in [0.05, 0.1) is 11.7 Å². The minimum absolute atomic E-state index is 0.0777. The number of aromatic nitrogens is 1. The van der Waals surface area contributed by atoms with Gasteiger partial charge in [0.15, 0.2) is 0 Å². The third kappa shape index (κ3) is 5.09. The Morgan fingerprint density at radius 2 is 1.76 bits per heavy atom. The summed E-state index contributed by atoms with van der Waals surface area (Å²) < 4.78 is 32.8. The van der Waals surface area contributed by atoms with Crippen molar-refractivity contribution in [2.75, 3.05) is 5.73 Å². The summed E-state index contributed by atoms with van der Waals surface area (Å²) in [6.07, 6.45) is 0. The summed E-state index contributed by atoms with van der Waals surface area (Å²) >= 11 is 0. The smallest absolute Gasteiger partial charge is 0.270 e. The molecule has 5 nitrogen and oxygen atoms in total. The van der Waals surface area contributed by atoms with Crippen molar-refractivity contribution in [3.8, 4) is 11.5 Å². The van der Waals surface area contributed by atoms with Crippen LogP contribution in [0.3, 0.4) is 0 Å². The highest BCUT2D eigenvalue weighted by molar-refractivity contribution is 6.00. The minimum Gasteiger partial charge on any atom is -0.457 e. The Bertz CT molecular complexity index is 1300. The average Bonchev–Trinajstić information content (AvgIpc) is 2.78. The molecule has 3 aromatic carbocycles. The number of hydrogen-bond acceptors (Lipinski definition) is 4. The van der Waals surface area contributed by atoms with E-state index >= 15 is 0 Å². The molecule has 0 radical (unpaired) electrons. The maximum atomic E-state index is 13.4. The number of carbonyl (C=O) groups excluding carboxylic acids is 1. The number of nitrogens with one attached hydrogen (secondary N) is 1. The van der Waals surface area contributed by atoms with E-state index in [2.05, 4.69) is 10.3 Å². The predicted octanol–water partition coefficient (Wildman–Crippen LogP) is 6.21. The molecule has 0 bridgehead atoms. The van der Waals surface area contributed by atoms with Crippen LogP contribution in [0.25, 0.3) is 10.8 Å². The number of amides is 1. The number of halogens is 2. The first-order valence-corrected chi connectivity index (χ1v) is 10.4. The lowest BCUT2D eigenvalue weighted by Crippen LogP contribution is -2.27. The largest absolute Gasteiger partial charge is 0.457 e. The Morgan fingerprint density at radius 3 is 2.45 bits per heavy atom. The van der Waals surface area contributed by atoms with Gasteiger partial charge in [-0.3, -0.25) is 4.79 Å². The van der Waals surface area contributed by atoms with Gasteiger partial charge in [-0.05, 0) is 73.0 Å². The van der Waals surface area contributed by atoms with Crippen LogP contribution < -0.4 is 15.8 Å². The number of anilines is 1. The molecule has 0 saturated carbocycles. The van der Waals surface area contributed by atoms with Gasteiger partial charge in [0.2, 0.25) is 0 Å². The van der Waals surface area contributed by atoms with Crippen molar-refractivity contribution in [1.29, 1.82) is 0 Å². The molecule has 1 heterocycles. The fourth-order valence-corrected chi connectivity index (χ4v) is 3.49. The highest BCUT2D eigenvalue weighted by Gasteiger charge is 2.23. The zero-order chi connectivity index (χ0) is 23.6. The van der Waals surface area contributed by atoms with E-state index in [0.717, 1.165) is 17.7 Å². The monoisotopic (exact) mass is 447 g/mol. The second-order valence-electron chi connectivity index (χ2n) is 7.89. The van der Waals surface area contributed by atoms with Crippen LogP contribution in [0.15, 0.2) is 78.9 Å². The van der Waals surface area contributed by atoms with Crippen molar-refractivity contribution in [3.05, 3.63) is 95.7 Å². The fraction of sp³-hybridized carbons (Fsp3) is 0.154. The van der Waals surface area contributed by atoms with E-state index in [-0.39, 0.29) is 17.5 Å². The third-order valence-corrected chi connectivity index (χ3v) is 5.28. The average molecular weight is 447 g/mol. The second-order valence-corrected chi connectivity index (χ2v) is 7.89. The highest BCUT2D eigenvalue weighted by Crippen LogP contribution is 2.33. The second kappa shape index (κ2) is 8.86. The third-order valence-electron chi connectivity index (χ3n) is 5.28. The molecule has 0 aliphatic heterocycles. The van der Waals surface area contributed by atoms with E-state index in [4.69, 9.17) is 10.5 Å². The van der Waals surface area contributed by atoms with E-state index < -0.39 is 5.92 Å². The number of rotatable bonds is 6. The molecule has 0 unspecified atom stereocenters. The van der Waals surface area contributed by atoms with Crippen molar-refractivity contribution < 1.29 is 18.3 Å². The summed E-state index contributed by atoms with van der Waals surface area (Å²) in [5.74, 6) is -1.75. The SMILES string of the molecule is C[C@@H](NC(=O)c1ccc2c(Oc3ccc(C(C)(F)F)cc3)cccc2c1)c1cccc(N)n1. The van der Waals surface area contributed by atoms with Crippen LogP contribution >= 0.6 is 0 Å². The molecular formula is C26H23F2N3O2. The van der Waals surface area contributed by atoms with Gasteiger partial charge in [-0.25, -0.2) is 13.8 Å². The first kappa shape index (κ1) is 22.2. The molecule has 0 spiro atoms. The zero-order valence-corrected chi connectivity index (χ0v) is 18.2. The van der Waals surface area contributed by atoms with Crippen molar-refractivity contribution in [1.82, 2.24) is 10.3 Å². The normalized spacial score (nSPS) is 12.4. The standard InChI is InChI=1S/C26H23F2N3O2/c1-16(22-6-4-8-24(29)31-22)30-25(32)18-9-14-21-17(15-18)5-3-7-23(21)33-20-12-10-19(11-13-20)26(2,27)28/h3-16H,1-2H3,(H2,29,31)(H,30,32)/t16-/m1/s1. The quantitative estimate of drug-likeness (QED) is 0.368. The summed E-state index contributed by atoms with van der Waals surface area (Å²) in [6, 6.07) is 21.5. The van der Waals surface area contributed by atoms with Crippen LogP contribution in [0.1, 0.15) is 41.5 Å². The van der Waals surface area contributed by atoms with Gasteiger partial charge < -0.3 is 15.8 Å². The number of benzene rings is 3. The van der Waals surface area contributed by atoms with Crippen molar-refractivity contribution in [2.45, 2.75) is 25.8 Å². The van der Waals surface area contributed by atoms with E-state index in [1.54, 1.807) is 42.5 Å². The molecule has 1 aromatic heterocycles. The van der Waals surface area contributed by atoms with Crippen LogP contribution in [0, 0.1) is 0 Å². The number of nitrogen functional groups attached to an aromatic ring is 1. The number of hydrogen-bond donors (Lipinski definition) is 2. The maximum absolute atomic E-state index is 13.4. The van der Waals surface area contributed by atoms with E-state index in [9.17, 15) is 13.6 Å². The molecule has 4 rings (SSSR count). The molecule has 0 aliphatic carbocycles. The highest BCUT2D eigenvalue weighted by atomic mass is 19.3. The molecule has 168 valence electrons. The van der Waals surface area contributed by atoms with Gasteiger partial charge >= 0.3 is 0 Å². The van der Waals surface area contributed by atoms with E-state index in [0.29, 0.717) is 28.6 Å². The Morgan fingerprint density at radius 1 is 1.03 bits per heavy atom. The summed E-state index contributed by atoms with van der Waals surface area (Å²) in [4.78, 5) is 17.0. The molecule has 4 aromatic rings. The van der Waals surface area contributed by atoms with Crippen molar-refractivity contribution >= 4 is 22.5 Å². The summed E-state index contributed by atoms with van der Waals surface area (Å²) in [5.41, 5.74) is 6.81. The molecule has 0 saturated heterocycles. The Labute approximate surface area is 190 Å². The lowest BCUT2D eigenvalue weighted by Gasteiger charge is -2.15. The van der Waals surface area contributed by atoms with Crippen LogP contribution in [-0.2, 0) is 5.92 Å². The predicted molar refractivity (Wildman–Crippen MR) is 125 cm³/mol. The summed E-state index contributed by atoms with van der Waals surface area (Å²) in [5, 5.41) is 4.53. The number of nitrogens with zero attached hydrogens (tertiary/aromatic N) is 1. The molecule has 3 N–H and O–H groups in total. The molecule has 0 fully saturated rings. The molecule has 7 heteroatoms. The Hall–Kier alpha value is -4.00. The van der Waals surface area contributed by atoms with Crippen LogP contribution in [0.5, 0.6) is 11.5 Å². The fourth-order valence-electron chi connectivity index (χ4n) is 3.49. The first-order valence-electron chi connectivity index (χ1n) is 10.4. The van der Waals surface area contributed by atoms with Crippen LogP contribution in [0.2, 0.25) is 0 Å². The number of pyridine rings is 1. The number of ether oxygens (including phenoxy) is 1. The zero-order valence-electron chi connectivity index (χ0n) is 18.2. The summed E-state index contributed by atoms with van der Waals surface area (Å²) in [7, 11) is 0. The van der Waals surface area contributed by atoms with Crippen molar-refractivity contribution in [3.63, 3.8) is 0 Å². The van der Waals surface area contributed by atoms with Crippen molar-refractivity contribution in [2.24, 2.45) is 0 Å². The Kier molecular flexibility index (Phi) is 5.96. The van der Waals surface area contributed by atoms with E-state index in [1.165, 1.54) is 24.3 Å². The molecule has 1 atom stereocenters. The summed E-state index contributed by atoms with van der Waals surface area (Å²) in [6.45, 7) is 2.69. The number of fused-ring (bicyclic) bond motifs is 1. The van der Waals surface area contributed by atoms with Crippen LogP contribution in [0.4, 0.5) is 14.6 Å².